The maximum absolute atomic E-state index is 14.4. The quantitative estimate of drug-likeness (QED) is 0.264. The van der Waals surface area contributed by atoms with Crippen molar-refractivity contribution in [3.05, 3.63) is 47.3 Å². The molecule has 53 heavy (non-hydrogen) atoms. The fraction of sp³-hybridized carbons (Fsp3) is 0.649. The van der Waals surface area contributed by atoms with Crippen LogP contribution in [-0.4, -0.2) is 84.4 Å². The van der Waals surface area contributed by atoms with Crippen molar-refractivity contribution in [1.29, 1.82) is 0 Å². The third-order valence-corrected chi connectivity index (χ3v) is 12.1. The van der Waals surface area contributed by atoms with Gasteiger partial charge in [0, 0.05) is 36.4 Å². The van der Waals surface area contributed by atoms with Crippen molar-refractivity contribution >= 4 is 40.0 Å². The summed E-state index contributed by atoms with van der Waals surface area (Å²) in [5.41, 5.74) is -0.545. The van der Waals surface area contributed by atoms with Gasteiger partial charge in [0.05, 0.1) is 19.5 Å². The number of rotatable bonds is 8. The highest BCUT2D eigenvalue weighted by atomic mass is 32.2. The standard InChI is InChI=1S/C37H50FN5O9S/c1-23(2)40-53(49,50)41-35(47)37-19-26(37)13-7-5-3-4-6-11-24(17-32(44)51-27-14-8-9-15-27)34(46)43-21-28(18-31(43)33(45)39-37)52-36(48)42-20-25-12-10-16-30(38)29(25)22-42/h7,10,12-13,16,23-24,26-28,31,40H,3-6,8-9,11,14-15,17-22H2,1-2H3,(H,39,45)(H,41,47)/t24-,26-,28-,31+,37-/m1/s1. The van der Waals surface area contributed by atoms with E-state index in [9.17, 15) is 36.8 Å². The van der Waals surface area contributed by atoms with Crippen molar-refractivity contribution < 1.29 is 46.3 Å². The lowest BCUT2D eigenvalue weighted by Crippen LogP contribution is -2.58. The van der Waals surface area contributed by atoms with Crippen LogP contribution in [0.4, 0.5) is 9.18 Å². The van der Waals surface area contributed by atoms with Crippen LogP contribution in [0.15, 0.2) is 30.4 Å². The summed E-state index contributed by atoms with van der Waals surface area (Å²) in [4.78, 5) is 71.5. The van der Waals surface area contributed by atoms with E-state index in [1.807, 2.05) is 16.9 Å². The number of nitrogens with one attached hydrogen (secondary N) is 3. The number of carbonyl (C=O) groups excluding carboxylic acids is 5. The summed E-state index contributed by atoms with van der Waals surface area (Å²) in [5, 5.41) is 2.78. The van der Waals surface area contributed by atoms with Gasteiger partial charge in [0.1, 0.15) is 29.6 Å². The Morgan fingerprint density at radius 3 is 2.51 bits per heavy atom. The highest BCUT2D eigenvalue weighted by Gasteiger charge is 2.61. The van der Waals surface area contributed by atoms with Crippen molar-refractivity contribution in [3.8, 4) is 0 Å². The minimum absolute atomic E-state index is 0.00636. The highest BCUT2D eigenvalue weighted by molar-refractivity contribution is 7.88. The van der Waals surface area contributed by atoms with Crippen LogP contribution < -0.4 is 14.8 Å². The topological polar surface area (TPSA) is 181 Å². The number of benzene rings is 1. The molecule has 2 saturated carbocycles. The van der Waals surface area contributed by atoms with Crippen molar-refractivity contribution in [2.24, 2.45) is 11.8 Å². The largest absolute Gasteiger partial charge is 0.462 e. The van der Waals surface area contributed by atoms with Gasteiger partial charge in [-0.05, 0) is 76.8 Å². The van der Waals surface area contributed by atoms with E-state index in [-0.39, 0.29) is 45.0 Å². The van der Waals surface area contributed by atoms with Gasteiger partial charge in [-0.1, -0.05) is 37.1 Å². The Bertz CT molecular complexity index is 1730. The number of halogens is 1. The molecule has 0 aromatic heterocycles. The molecule has 3 heterocycles. The van der Waals surface area contributed by atoms with Gasteiger partial charge in [0.25, 0.3) is 5.91 Å². The Labute approximate surface area is 309 Å². The lowest BCUT2D eigenvalue weighted by Gasteiger charge is -2.29. The number of nitrogens with zero attached hydrogens (tertiary/aromatic N) is 2. The van der Waals surface area contributed by atoms with E-state index in [0.717, 1.165) is 38.5 Å². The molecule has 0 radical (unpaired) electrons. The van der Waals surface area contributed by atoms with Crippen LogP contribution in [0.1, 0.15) is 102 Å². The van der Waals surface area contributed by atoms with Crippen LogP contribution in [0.25, 0.3) is 0 Å². The van der Waals surface area contributed by atoms with E-state index in [1.54, 1.807) is 26.0 Å². The van der Waals surface area contributed by atoms with E-state index in [1.165, 1.54) is 15.9 Å². The molecular formula is C37H50FN5O9S. The summed E-state index contributed by atoms with van der Waals surface area (Å²) >= 11 is 0. The predicted octanol–water partition coefficient (Wildman–Crippen LogP) is 3.49. The summed E-state index contributed by atoms with van der Waals surface area (Å²) < 4.78 is 55.8. The Morgan fingerprint density at radius 1 is 1.02 bits per heavy atom. The van der Waals surface area contributed by atoms with E-state index in [4.69, 9.17) is 9.47 Å². The third-order valence-electron chi connectivity index (χ3n) is 10.8. The van der Waals surface area contributed by atoms with Gasteiger partial charge in [-0.3, -0.25) is 24.1 Å². The summed E-state index contributed by atoms with van der Waals surface area (Å²) in [6.45, 7) is 3.20. The first-order valence-electron chi connectivity index (χ1n) is 18.8. The van der Waals surface area contributed by atoms with Gasteiger partial charge >= 0.3 is 22.3 Å². The maximum Gasteiger partial charge on any atom is 0.410 e. The van der Waals surface area contributed by atoms with E-state index in [0.29, 0.717) is 30.4 Å². The van der Waals surface area contributed by atoms with Crippen molar-refractivity contribution in [2.45, 2.75) is 134 Å². The first-order chi connectivity index (χ1) is 25.2. The summed E-state index contributed by atoms with van der Waals surface area (Å²) in [5.74, 6) is -4.30. The second-order valence-corrected chi connectivity index (χ2v) is 16.8. The van der Waals surface area contributed by atoms with Crippen LogP contribution in [-0.2, 0) is 52.0 Å². The van der Waals surface area contributed by atoms with E-state index >= 15 is 0 Å². The Balaban J connectivity index is 1.24. The lowest BCUT2D eigenvalue weighted by molar-refractivity contribution is -0.154. The fourth-order valence-electron chi connectivity index (χ4n) is 8.02. The number of esters is 1. The first-order valence-corrected chi connectivity index (χ1v) is 20.3. The number of hydrogen-bond acceptors (Lipinski definition) is 9. The van der Waals surface area contributed by atoms with Crippen molar-refractivity contribution in [3.63, 3.8) is 0 Å². The number of amides is 4. The monoisotopic (exact) mass is 759 g/mol. The molecule has 4 amide bonds. The predicted molar refractivity (Wildman–Crippen MR) is 189 cm³/mol. The van der Waals surface area contributed by atoms with Crippen LogP contribution in [0.5, 0.6) is 0 Å². The zero-order chi connectivity index (χ0) is 37.9. The average molecular weight is 760 g/mol. The Morgan fingerprint density at radius 2 is 1.77 bits per heavy atom. The molecule has 3 N–H and O–H groups in total. The zero-order valence-electron chi connectivity index (χ0n) is 30.3. The Kier molecular flexibility index (Phi) is 11.8. The molecule has 1 aromatic carbocycles. The molecule has 1 saturated heterocycles. The summed E-state index contributed by atoms with van der Waals surface area (Å²) in [6, 6.07) is 2.93. The molecule has 1 aromatic rings. The first kappa shape index (κ1) is 38.7. The highest BCUT2D eigenvalue weighted by Crippen LogP contribution is 2.46. The average Bonchev–Trinajstić information content (AvgIpc) is 3.51. The second kappa shape index (κ2) is 16.1. The molecule has 14 nitrogen and oxygen atoms in total. The normalized spacial score (nSPS) is 28.0. The van der Waals surface area contributed by atoms with Gasteiger partial charge in [-0.2, -0.15) is 13.1 Å². The Hall–Kier alpha value is -4.05. The summed E-state index contributed by atoms with van der Waals surface area (Å²) in [6.07, 6.45) is 8.47. The van der Waals surface area contributed by atoms with Crippen LogP contribution >= 0.6 is 0 Å². The number of ether oxygens (including phenoxy) is 2. The van der Waals surface area contributed by atoms with Crippen LogP contribution in [0.2, 0.25) is 0 Å². The molecule has 16 heteroatoms. The number of carbonyl (C=O) groups is 5. The number of hydrogen-bond donors (Lipinski definition) is 3. The third kappa shape index (κ3) is 9.19. The molecule has 3 aliphatic heterocycles. The minimum atomic E-state index is -4.25. The molecule has 0 bridgehead atoms. The van der Waals surface area contributed by atoms with Crippen molar-refractivity contribution in [1.82, 2.24) is 24.6 Å². The SMILES string of the molecule is CC(C)NS(=O)(=O)NC(=O)[C@@]12C[C@H]1C=CCCCCC[C@H](CC(=O)OC1CCCC1)C(=O)N1C[C@H](OC(=O)N3Cc4cccc(F)c4C3)C[C@H]1C(=O)N2. The van der Waals surface area contributed by atoms with E-state index < -0.39 is 81.4 Å². The number of fused-ring (bicyclic) bond motifs is 3. The summed E-state index contributed by atoms with van der Waals surface area (Å²) in [7, 11) is -4.25. The molecular weight excluding hydrogens is 709 g/mol. The van der Waals surface area contributed by atoms with Crippen LogP contribution in [0.3, 0.4) is 0 Å². The van der Waals surface area contributed by atoms with Crippen LogP contribution in [0, 0.1) is 17.7 Å². The van der Waals surface area contributed by atoms with Gasteiger partial charge in [-0.25, -0.2) is 13.9 Å². The van der Waals surface area contributed by atoms with E-state index in [2.05, 4.69) is 10.0 Å². The molecule has 5 atom stereocenters. The molecule has 2 aliphatic carbocycles. The molecule has 3 fully saturated rings. The lowest BCUT2D eigenvalue weighted by atomic mass is 9.95. The minimum Gasteiger partial charge on any atom is -0.462 e. The van der Waals surface area contributed by atoms with Gasteiger partial charge in [-0.15, -0.1) is 0 Å². The zero-order valence-corrected chi connectivity index (χ0v) is 31.1. The maximum atomic E-state index is 14.4. The second-order valence-electron chi connectivity index (χ2n) is 15.3. The van der Waals surface area contributed by atoms with Gasteiger partial charge in [0.15, 0.2) is 0 Å². The van der Waals surface area contributed by atoms with Gasteiger partial charge in [0.2, 0.25) is 11.8 Å². The smallest absolute Gasteiger partial charge is 0.410 e. The molecule has 5 aliphatic rings. The molecule has 0 spiro atoms. The van der Waals surface area contributed by atoms with Crippen molar-refractivity contribution in [2.75, 3.05) is 6.54 Å². The van der Waals surface area contributed by atoms with Gasteiger partial charge < -0.3 is 19.7 Å². The fourth-order valence-corrected chi connectivity index (χ4v) is 9.12. The molecule has 290 valence electrons. The molecule has 6 rings (SSSR count). The number of allylic oxidation sites excluding steroid dienone is 1. The molecule has 0 unspecified atom stereocenters.